The van der Waals surface area contributed by atoms with Crippen LogP contribution >= 0.6 is 11.8 Å². The smallest absolute Gasteiger partial charge is 0.359 e. The van der Waals surface area contributed by atoms with E-state index in [4.69, 9.17) is 10.5 Å². The highest BCUT2D eigenvalue weighted by atomic mass is 32.2. The van der Waals surface area contributed by atoms with Crippen LogP contribution in [0.15, 0.2) is 47.5 Å². The number of anilines is 1. The van der Waals surface area contributed by atoms with Gasteiger partial charge in [0, 0.05) is 16.8 Å². The zero-order valence-corrected chi connectivity index (χ0v) is 12.0. The number of carbonyl (C=O) groups is 1. The summed E-state index contributed by atoms with van der Waals surface area (Å²) in [6.45, 7) is 2.06. The monoisotopic (exact) mass is 288 g/mol. The molecule has 0 aliphatic heterocycles. The van der Waals surface area contributed by atoms with Crippen LogP contribution in [0.3, 0.4) is 0 Å². The molecule has 1 heterocycles. The highest BCUT2D eigenvalue weighted by Crippen LogP contribution is 2.25. The van der Waals surface area contributed by atoms with Gasteiger partial charge in [-0.15, -0.1) is 11.8 Å². The van der Waals surface area contributed by atoms with Crippen molar-refractivity contribution >= 4 is 23.4 Å². The molecule has 0 atom stereocenters. The number of nitrogens with two attached hydrogens (primary N) is 1. The summed E-state index contributed by atoms with van der Waals surface area (Å²) in [5.41, 5.74) is 7.60. The molecule has 0 amide bonds. The first-order valence-corrected chi connectivity index (χ1v) is 7.28. The lowest BCUT2D eigenvalue weighted by Crippen LogP contribution is -2.10. The Morgan fingerprint density at radius 2 is 2.10 bits per heavy atom. The van der Waals surface area contributed by atoms with Crippen LogP contribution < -0.4 is 5.73 Å². The molecule has 0 fully saturated rings. The van der Waals surface area contributed by atoms with Crippen LogP contribution in [0.1, 0.15) is 23.0 Å². The summed E-state index contributed by atoms with van der Waals surface area (Å²) in [4.78, 5) is 16.6. The molecule has 0 saturated carbocycles. The maximum absolute atomic E-state index is 11.6. The number of rotatable bonds is 5. The predicted octanol–water partition coefficient (Wildman–Crippen LogP) is 3.13. The fourth-order valence-corrected chi connectivity index (χ4v) is 2.51. The van der Waals surface area contributed by atoms with Crippen molar-refractivity contribution in [2.45, 2.75) is 17.6 Å². The third kappa shape index (κ3) is 3.74. The molecule has 104 valence electrons. The fraction of sp³-hybridized carbons (Fsp3) is 0.200. The molecule has 0 bridgehead atoms. The topological polar surface area (TPSA) is 65.2 Å². The van der Waals surface area contributed by atoms with Gasteiger partial charge in [0.25, 0.3) is 0 Å². The van der Waals surface area contributed by atoms with Crippen LogP contribution in [-0.2, 0) is 10.5 Å². The van der Waals surface area contributed by atoms with Gasteiger partial charge in [0.2, 0.25) is 0 Å². The maximum atomic E-state index is 11.6. The van der Waals surface area contributed by atoms with Gasteiger partial charge in [-0.25, -0.2) is 9.78 Å². The van der Waals surface area contributed by atoms with Crippen LogP contribution in [0.25, 0.3) is 0 Å². The molecule has 0 saturated heterocycles. The number of nitrogen functional groups attached to an aromatic ring is 1. The number of hydrogen-bond acceptors (Lipinski definition) is 5. The van der Waals surface area contributed by atoms with Crippen LogP contribution in [0.5, 0.6) is 0 Å². The molecule has 0 spiro atoms. The van der Waals surface area contributed by atoms with Gasteiger partial charge in [0.1, 0.15) is 0 Å². The number of ether oxygens (including phenoxy) is 1. The summed E-state index contributed by atoms with van der Waals surface area (Å²) in [5, 5.41) is 0. The van der Waals surface area contributed by atoms with Gasteiger partial charge in [-0.1, -0.05) is 30.3 Å². The van der Waals surface area contributed by atoms with Crippen molar-refractivity contribution in [2.75, 3.05) is 12.3 Å². The third-order valence-electron chi connectivity index (χ3n) is 2.61. The Balaban J connectivity index is 2.04. The van der Waals surface area contributed by atoms with E-state index in [0.717, 1.165) is 10.6 Å². The van der Waals surface area contributed by atoms with E-state index in [1.807, 2.05) is 18.2 Å². The van der Waals surface area contributed by atoms with Crippen LogP contribution in [0.2, 0.25) is 0 Å². The molecule has 2 aromatic rings. The number of aromatic nitrogens is 1. The molecular formula is C15H16N2O2S. The molecule has 0 unspecified atom stereocenters. The van der Waals surface area contributed by atoms with E-state index in [1.54, 1.807) is 30.9 Å². The molecule has 2 N–H and O–H groups in total. The molecule has 0 aliphatic carbocycles. The number of pyridine rings is 1. The quantitative estimate of drug-likeness (QED) is 0.676. The first kappa shape index (κ1) is 14.4. The van der Waals surface area contributed by atoms with Gasteiger partial charge in [-0.05, 0) is 18.6 Å². The lowest BCUT2D eigenvalue weighted by Gasteiger charge is -2.07. The minimum Gasteiger partial charge on any atom is -0.461 e. The van der Waals surface area contributed by atoms with Gasteiger partial charge >= 0.3 is 5.97 Å². The molecule has 0 aliphatic rings. The highest BCUT2D eigenvalue weighted by Gasteiger charge is 2.13. The van der Waals surface area contributed by atoms with Crippen LogP contribution in [-0.4, -0.2) is 17.6 Å². The first-order valence-electron chi connectivity index (χ1n) is 6.30. The number of thioether (sulfide) groups is 1. The molecule has 1 aromatic carbocycles. The van der Waals surface area contributed by atoms with Crippen molar-refractivity contribution in [3.8, 4) is 0 Å². The Kier molecular flexibility index (Phi) is 5.01. The maximum Gasteiger partial charge on any atom is 0.359 e. The Hall–Kier alpha value is -2.01. The van der Waals surface area contributed by atoms with Gasteiger partial charge in [0.15, 0.2) is 5.69 Å². The second kappa shape index (κ2) is 6.96. The Bertz CT molecular complexity index is 588. The number of carbonyl (C=O) groups excluding carboxylic acids is 1. The van der Waals surface area contributed by atoms with Crippen molar-refractivity contribution in [1.82, 2.24) is 4.98 Å². The summed E-state index contributed by atoms with van der Waals surface area (Å²) in [6.07, 6.45) is 1.65. The Labute approximate surface area is 122 Å². The van der Waals surface area contributed by atoms with E-state index in [0.29, 0.717) is 12.3 Å². The van der Waals surface area contributed by atoms with Crippen LogP contribution in [0.4, 0.5) is 5.69 Å². The SMILES string of the molecule is CCOC(=O)c1ncc(SCc2ccccc2)cc1N. The van der Waals surface area contributed by atoms with E-state index in [1.165, 1.54) is 5.56 Å². The number of esters is 1. The largest absolute Gasteiger partial charge is 0.461 e. The second-order valence-corrected chi connectivity index (χ2v) is 5.15. The summed E-state index contributed by atoms with van der Waals surface area (Å²) >= 11 is 1.63. The molecule has 0 radical (unpaired) electrons. The molecule has 5 heteroatoms. The fourth-order valence-electron chi connectivity index (χ4n) is 1.65. The standard InChI is InChI=1S/C15H16N2O2S/c1-2-19-15(18)14-13(16)8-12(9-17-14)20-10-11-6-4-3-5-7-11/h3-9H,2,10,16H2,1H3. The average molecular weight is 288 g/mol. The summed E-state index contributed by atoms with van der Waals surface area (Å²) in [6, 6.07) is 11.9. The van der Waals surface area contributed by atoms with E-state index >= 15 is 0 Å². The summed E-state index contributed by atoms with van der Waals surface area (Å²) in [7, 11) is 0. The zero-order valence-electron chi connectivity index (χ0n) is 11.2. The summed E-state index contributed by atoms with van der Waals surface area (Å²) < 4.78 is 4.89. The van der Waals surface area contributed by atoms with Gasteiger partial charge in [-0.3, -0.25) is 0 Å². The average Bonchev–Trinajstić information content (AvgIpc) is 2.46. The molecule has 20 heavy (non-hydrogen) atoms. The molecule has 4 nitrogen and oxygen atoms in total. The normalized spacial score (nSPS) is 10.2. The minimum absolute atomic E-state index is 0.177. The van der Waals surface area contributed by atoms with Gasteiger partial charge in [-0.2, -0.15) is 0 Å². The van der Waals surface area contributed by atoms with Crippen molar-refractivity contribution in [2.24, 2.45) is 0 Å². The lowest BCUT2D eigenvalue weighted by molar-refractivity contribution is 0.0520. The van der Waals surface area contributed by atoms with E-state index in [9.17, 15) is 4.79 Å². The zero-order chi connectivity index (χ0) is 14.4. The van der Waals surface area contributed by atoms with E-state index < -0.39 is 5.97 Å². The van der Waals surface area contributed by atoms with Gasteiger partial charge < -0.3 is 10.5 Å². The van der Waals surface area contributed by atoms with Crippen LogP contribution in [0, 0.1) is 0 Å². The summed E-state index contributed by atoms with van der Waals surface area (Å²) in [5.74, 6) is 0.352. The minimum atomic E-state index is -0.482. The Morgan fingerprint density at radius 3 is 2.75 bits per heavy atom. The second-order valence-electron chi connectivity index (χ2n) is 4.10. The molecule has 2 rings (SSSR count). The van der Waals surface area contributed by atoms with E-state index in [2.05, 4.69) is 17.1 Å². The predicted molar refractivity (Wildman–Crippen MR) is 80.6 cm³/mol. The highest BCUT2D eigenvalue weighted by molar-refractivity contribution is 7.98. The first-order chi connectivity index (χ1) is 9.70. The number of hydrogen-bond donors (Lipinski definition) is 1. The van der Waals surface area contributed by atoms with Gasteiger partial charge in [0.05, 0.1) is 12.3 Å². The Morgan fingerprint density at radius 1 is 1.35 bits per heavy atom. The van der Waals surface area contributed by atoms with Crippen molar-refractivity contribution in [1.29, 1.82) is 0 Å². The molecule has 1 aromatic heterocycles. The van der Waals surface area contributed by atoms with Crippen molar-refractivity contribution in [3.63, 3.8) is 0 Å². The lowest BCUT2D eigenvalue weighted by atomic mass is 10.2. The van der Waals surface area contributed by atoms with E-state index in [-0.39, 0.29) is 5.69 Å². The molecular weight excluding hydrogens is 272 g/mol. The third-order valence-corrected chi connectivity index (χ3v) is 3.64. The van der Waals surface area contributed by atoms with Crippen molar-refractivity contribution < 1.29 is 9.53 Å². The number of nitrogens with zero attached hydrogens (tertiary/aromatic N) is 1. The van der Waals surface area contributed by atoms with Crippen molar-refractivity contribution in [3.05, 3.63) is 53.9 Å². The number of benzene rings is 1.